The number of hydrogen-bond donors (Lipinski definition) is 2. The molecule has 0 aliphatic heterocycles. The second-order valence-corrected chi connectivity index (χ2v) is 3.58. The number of halogens is 4. The number of amides is 1. The Morgan fingerprint density at radius 1 is 1.44 bits per heavy atom. The zero-order valence-electron chi connectivity index (χ0n) is 8.47. The number of carbonyl (C=O) groups is 1. The molecule has 1 saturated carbocycles. The molecule has 4 nitrogen and oxygen atoms in total. The molecule has 1 aliphatic rings. The van der Waals surface area contributed by atoms with Gasteiger partial charge in [0.15, 0.2) is 0 Å². The van der Waals surface area contributed by atoms with Crippen LogP contribution in [-0.2, 0) is 9.53 Å². The summed E-state index contributed by atoms with van der Waals surface area (Å²) in [4.78, 5) is 11.2. The molecule has 0 aromatic rings. The highest BCUT2D eigenvalue weighted by Crippen LogP contribution is 2.31. The summed E-state index contributed by atoms with van der Waals surface area (Å²) in [6.07, 6.45) is -3.07. The van der Waals surface area contributed by atoms with Crippen molar-refractivity contribution in [2.45, 2.75) is 24.6 Å². The lowest BCUT2D eigenvalue weighted by atomic mass is 10.3. The predicted molar refractivity (Wildman–Crippen MR) is 53.3 cm³/mol. The molecule has 0 saturated heterocycles. The van der Waals surface area contributed by atoms with E-state index in [-0.39, 0.29) is 31.5 Å². The lowest BCUT2D eigenvalue weighted by Crippen LogP contribution is -2.43. The van der Waals surface area contributed by atoms with Gasteiger partial charge in [-0.15, -0.1) is 12.4 Å². The minimum atomic E-state index is -4.32. The molecule has 3 N–H and O–H groups in total. The summed E-state index contributed by atoms with van der Waals surface area (Å²) in [5.74, 6) is -0.321. The average molecular weight is 263 g/mol. The summed E-state index contributed by atoms with van der Waals surface area (Å²) in [7, 11) is 0. The first-order valence-electron chi connectivity index (χ1n) is 4.55. The van der Waals surface area contributed by atoms with E-state index in [4.69, 9.17) is 5.73 Å². The SMILES string of the molecule is Cl.NC1(C(=O)NCCOCC(F)(F)F)CC1. The Morgan fingerprint density at radius 3 is 2.44 bits per heavy atom. The molecule has 8 heteroatoms. The zero-order chi connectivity index (χ0) is 11.5. The third-order valence-corrected chi connectivity index (χ3v) is 2.04. The third-order valence-electron chi connectivity index (χ3n) is 2.04. The minimum absolute atomic E-state index is 0. The normalized spacial score (nSPS) is 17.5. The molecule has 0 aromatic heterocycles. The van der Waals surface area contributed by atoms with Crippen molar-refractivity contribution in [3.05, 3.63) is 0 Å². The smallest absolute Gasteiger partial charge is 0.370 e. The first kappa shape index (κ1) is 15.5. The van der Waals surface area contributed by atoms with Crippen LogP contribution in [0.3, 0.4) is 0 Å². The van der Waals surface area contributed by atoms with Crippen molar-refractivity contribution in [2.75, 3.05) is 19.8 Å². The van der Waals surface area contributed by atoms with Crippen LogP contribution in [0.15, 0.2) is 0 Å². The Labute approximate surface area is 97.1 Å². The molecule has 1 amide bonds. The Bertz CT molecular complexity index is 244. The molecule has 96 valence electrons. The van der Waals surface area contributed by atoms with Gasteiger partial charge in [0.25, 0.3) is 0 Å². The summed E-state index contributed by atoms with van der Waals surface area (Å²) >= 11 is 0. The van der Waals surface area contributed by atoms with E-state index in [9.17, 15) is 18.0 Å². The molecule has 1 aliphatic carbocycles. The third kappa shape index (κ3) is 5.53. The molecule has 0 unspecified atom stereocenters. The van der Waals surface area contributed by atoms with Crippen LogP contribution in [0.1, 0.15) is 12.8 Å². The van der Waals surface area contributed by atoms with Crippen LogP contribution in [0.2, 0.25) is 0 Å². The topological polar surface area (TPSA) is 64.4 Å². The predicted octanol–water partition coefficient (Wildman–Crippen LogP) is 0.595. The summed E-state index contributed by atoms with van der Waals surface area (Å²) in [5, 5.41) is 2.42. The molecule has 16 heavy (non-hydrogen) atoms. The molecule has 0 heterocycles. The zero-order valence-corrected chi connectivity index (χ0v) is 9.29. The molecular weight excluding hydrogens is 249 g/mol. The first-order chi connectivity index (χ1) is 6.83. The second-order valence-electron chi connectivity index (χ2n) is 3.58. The van der Waals surface area contributed by atoms with Crippen molar-refractivity contribution >= 4 is 18.3 Å². The maximum atomic E-state index is 11.6. The standard InChI is InChI=1S/C8H13F3N2O2.ClH/c9-8(10,11)5-15-4-3-13-6(14)7(12)1-2-7;/h1-5,12H2,(H,13,14);1H. The molecule has 0 aromatic carbocycles. The van der Waals surface area contributed by atoms with Gasteiger partial charge in [-0.3, -0.25) is 4.79 Å². The van der Waals surface area contributed by atoms with E-state index in [0.717, 1.165) is 0 Å². The summed E-state index contributed by atoms with van der Waals surface area (Å²) < 4.78 is 39.1. The van der Waals surface area contributed by atoms with Gasteiger partial charge in [-0.05, 0) is 12.8 Å². The minimum Gasteiger partial charge on any atom is -0.370 e. The molecule has 0 atom stereocenters. The monoisotopic (exact) mass is 262 g/mol. The lowest BCUT2D eigenvalue weighted by Gasteiger charge is -2.11. The largest absolute Gasteiger partial charge is 0.411 e. The fourth-order valence-corrected chi connectivity index (χ4v) is 0.962. The number of nitrogens with two attached hydrogens (primary N) is 1. The fraction of sp³-hybridized carbons (Fsp3) is 0.875. The molecule has 0 spiro atoms. The van der Waals surface area contributed by atoms with Crippen molar-refractivity contribution in [1.29, 1.82) is 0 Å². The number of nitrogens with one attached hydrogen (secondary N) is 1. The van der Waals surface area contributed by atoms with Crippen LogP contribution in [-0.4, -0.2) is 37.4 Å². The summed E-state index contributed by atoms with van der Waals surface area (Å²) in [5.41, 5.74) is 4.75. The highest BCUT2D eigenvalue weighted by atomic mass is 35.5. The summed E-state index contributed by atoms with van der Waals surface area (Å²) in [6, 6.07) is 0. The highest BCUT2D eigenvalue weighted by Gasteiger charge is 2.45. The van der Waals surface area contributed by atoms with E-state index < -0.39 is 18.3 Å². The number of ether oxygens (including phenoxy) is 1. The van der Waals surface area contributed by atoms with Gasteiger partial charge in [-0.1, -0.05) is 0 Å². The van der Waals surface area contributed by atoms with Crippen LogP contribution in [0.4, 0.5) is 13.2 Å². The van der Waals surface area contributed by atoms with Crippen LogP contribution >= 0.6 is 12.4 Å². The van der Waals surface area contributed by atoms with Gasteiger partial charge in [0.05, 0.1) is 12.1 Å². The molecular formula is C8H14ClF3N2O2. The Hall–Kier alpha value is -0.530. The van der Waals surface area contributed by atoms with E-state index in [1.807, 2.05) is 0 Å². The van der Waals surface area contributed by atoms with Gasteiger partial charge in [0, 0.05) is 6.54 Å². The quantitative estimate of drug-likeness (QED) is 0.713. The van der Waals surface area contributed by atoms with E-state index in [0.29, 0.717) is 12.8 Å². The van der Waals surface area contributed by atoms with Crippen molar-refractivity contribution in [1.82, 2.24) is 5.32 Å². The van der Waals surface area contributed by atoms with E-state index >= 15 is 0 Å². The summed E-state index contributed by atoms with van der Waals surface area (Å²) in [6.45, 7) is -1.41. The van der Waals surface area contributed by atoms with Crippen LogP contribution in [0.5, 0.6) is 0 Å². The Morgan fingerprint density at radius 2 is 2.00 bits per heavy atom. The maximum Gasteiger partial charge on any atom is 0.411 e. The highest BCUT2D eigenvalue weighted by molar-refractivity contribution is 5.88. The van der Waals surface area contributed by atoms with Crippen molar-refractivity contribution in [2.24, 2.45) is 5.73 Å². The van der Waals surface area contributed by atoms with E-state index in [2.05, 4.69) is 10.1 Å². The van der Waals surface area contributed by atoms with Gasteiger partial charge in [0.2, 0.25) is 5.91 Å². The molecule has 1 fully saturated rings. The fourth-order valence-electron chi connectivity index (χ4n) is 0.962. The number of carbonyl (C=O) groups excluding carboxylic acids is 1. The van der Waals surface area contributed by atoms with E-state index in [1.54, 1.807) is 0 Å². The van der Waals surface area contributed by atoms with Crippen LogP contribution in [0, 0.1) is 0 Å². The van der Waals surface area contributed by atoms with Gasteiger partial charge in [-0.2, -0.15) is 13.2 Å². The van der Waals surface area contributed by atoms with E-state index in [1.165, 1.54) is 0 Å². The lowest BCUT2D eigenvalue weighted by molar-refractivity contribution is -0.173. The van der Waals surface area contributed by atoms with Gasteiger partial charge in [0.1, 0.15) is 6.61 Å². The van der Waals surface area contributed by atoms with Crippen molar-refractivity contribution in [3.63, 3.8) is 0 Å². The maximum absolute atomic E-state index is 11.6. The number of rotatable bonds is 5. The first-order valence-corrected chi connectivity index (χ1v) is 4.55. The average Bonchev–Trinajstić information content (AvgIpc) is 2.82. The molecule has 1 rings (SSSR count). The van der Waals surface area contributed by atoms with Crippen LogP contribution < -0.4 is 11.1 Å². The van der Waals surface area contributed by atoms with Gasteiger partial charge < -0.3 is 15.8 Å². The van der Waals surface area contributed by atoms with Crippen molar-refractivity contribution in [3.8, 4) is 0 Å². The van der Waals surface area contributed by atoms with Crippen LogP contribution in [0.25, 0.3) is 0 Å². The Balaban J connectivity index is 0.00000225. The number of hydrogen-bond acceptors (Lipinski definition) is 3. The van der Waals surface area contributed by atoms with Gasteiger partial charge >= 0.3 is 6.18 Å². The number of alkyl halides is 3. The Kier molecular flexibility index (Phi) is 5.51. The van der Waals surface area contributed by atoms with Crippen molar-refractivity contribution < 1.29 is 22.7 Å². The second kappa shape index (κ2) is 5.70. The van der Waals surface area contributed by atoms with Gasteiger partial charge in [-0.25, -0.2) is 0 Å². The molecule has 0 radical (unpaired) electrons. The molecule has 0 bridgehead atoms.